The predicted molar refractivity (Wildman–Crippen MR) is 74.5 cm³/mol. The highest BCUT2D eigenvalue weighted by Gasteiger charge is 2.25. The van der Waals surface area contributed by atoms with Gasteiger partial charge in [-0.3, -0.25) is 4.68 Å². The second-order valence-corrected chi connectivity index (χ2v) is 5.76. The smallest absolute Gasteiger partial charge is 0.0472 e. The first-order valence-corrected chi connectivity index (χ1v) is 7.07. The summed E-state index contributed by atoms with van der Waals surface area (Å²) in [5, 5.41) is 2.49. The van der Waals surface area contributed by atoms with Crippen molar-refractivity contribution in [3.05, 3.63) is 23.0 Å². The lowest BCUT2D eigenvalue weighted by Crippen LogP contribution is -2.50. The van der Waals surface area contributed by atoms with Crippen molar-refractivity contribution in [3.8, 4) is 0 Å². The summed E-state index contributed by atoms with van der Waals surface area (Å²) in [7, 11) is 2.20. The van der Waals surface area contributed by atoms with Crippen LogP contribution in [0.4, 0.5) is 0 Å². The number of hydrogen-bond acceptors (Lipinski definition) is 3. The summed E-state index contributed by atoms with van der Waals surface area (Å²) in [4.78, 5) is 2.40. The monoisotopic (exact) mass is 248 g/mol. The molecule has 100 valence electrons. The number of aromatic nitrogens is 1. The minimum absolute atomic E-state index is 0.251. The maximum atomic E-state index is 6.24. The van der Waals surface area contributed by atoms with Gasteiger partial charge >= 0.3 is 0 Å². The Kier molecular flexibility index (Phi) is 3.08. The van der Waals surface area contributed by atoms with E-state index in [1.165, 1.54) is 29.8 Å². The molecule has 2 N–H and O–H groups in total. The fraction of sp³-hybridized carbons (Fsp3) is 0.714. The van der Waals surface area contributed by atoms with Crippen LogP contribution in [0.15, 0.2) is 6.07 Å². The zero-order valence-electron chi connectivity index (χ0n) is 11.5. The second-order valence-electron chi connectivity index (χ2n) is 5.76. The van der Waals surface area contributed by atoms with Gasteiger partial charge in [-0.05, 0) is 44.9 Å². The number of likely N-dealkylation sites (N-methyl/N-ethyl adjacent to an activating group) is 1. The van der Waals surface area contributed by atoms with Crippen molar-refractivity contribution in [2.45, 2.75) is 32.2 Å². The van der Waals surface area contributed by atoms with E-state index in [0.29, 0.717) is 0 Å². The van der Waals surface area contributed by atoms with Gasteiger partial charge in [0.25, 0.3) is 0 Å². The van der Waals surface area contributed by atoms with Crippen LogP contribution in [0.2, 0.25) is 0 Å². The molecule has 1 saturated heterocycles. The molecular formula is C14H24N4. The molecule has 4 heteroatoms. The predicted octanol–water partition coefficient (Wildman–Crippen LogP) is 1.02. The highest BCUT2D eigenvalue weighted by molar-refractivity contribution is 5.34. The normalized spacial score (nSPS) is 25.3. The van der Waals surface area contributed by atoms with Crippen LogP contribution >= 0.6 is 0 Å². The van der Waals surface area contributed by atoms with E-state index >= 15 is 0 Å². The molecule has 2 aliphatic rings. The minimum atomic E-state index is 0.251. The Morgan fingerprint density at radius 1 is 1.22 bits per heavy atom. The van der Waals surface area contributed by atoms with Gasteiger partial charge in [0.15, 0.2) is 0 Å². The molecular weight excluding hydrogens is 224 g/mol. The number of nitrogens with two attached hydrogens (primary N) is 1. The van der Waals surface area contributed by atoms with Crippen molar-refractivity contribution in [2.75, 3.05) is 38.2 Å². The van der Waals surface area contributed by atoms with Crippen LogP contribution < -0.4 is 10.7 Å². The highest BCUT2D eigenvalue weighted by Crippen LogP contribution is 2.31. The lowest BCUT2D eigenvalue weighted by atomic mass is 9.94. The third-order valence-electron chi connectivity index (χ3n) is 4.38. The molecule has 0 spiro atoms. The lowest BCUT2D eigenvalue weighted by molar-refractivity contribution is 0.284. The van der Waals surface area contributed by atoms with Gasteiger partial charge in [-0.15, -0.1) is 0 Å². The molecule has 1 aromatic rings. The molecule has 0 saturated carbocycles. The van der Waals surface area contributed by atoms with Crippen molar-refractivity contribution in [1.29, 1.82) is 0 Å². The number of piperazine rings is 1. The molecule has 1 fully saturated rings. The topological polar surface area (TPSA) is 37.4 Å². The molecule has 1 unspecified atom stereocenters. The molecule has 0 aromatic carbocycles. The Bertz CT molecular complexity index is 429. The van der Waals surface area contributed by atoms with Crippen molar-refractivity contribution < 1.29 is 0 Å². The van der Waals surface area contributed by atoms with Crippen LogP contribution in [0.25, 0.3) is 0 Å². The largest absolute Gasteiger partial charge is 0.324 e. The van der Waals surface area contributed by atoms with Crippen LogP contribution in [0.3, 0.4) is 0 Å². The molecule has 18 heavy (non-hydrogen) atoms. The van der Waals surface area contributed by atoms with E-state index in [1.807, 2.05) is 0 Å². The van der Waals surface area contributed by atoms with Crippen molar-refractivity contribution >= 4 is 0 Å². The molecule has 0 bridgehead atoms. The number of aryl methyl sites for hydroxylation is 1. The number of rotatable bonds is 1. The van der Waals surface area contributed by atoms with Gasteiger partial charge in [-0.1, -0.05) is 0 Å². The fourth-order valence-corrected chi connectivity index (χ4v) is 3.31. The van der Waals surface area contributed by atoms with E-state index in [2.05, 4.69) is 34.6 Å². The first kappa shape index (κ1) is 12.1. The van der Waals surface area contributed by atoms with Crippen LogP contribution in [0, 0.1) is 6.92 Å². The van der Waals surface area contributed by atoms with Gasteiger partial charge in [-0.2, -0.15) is 0 Å². The molecule has 1 atom stereocenters. The summed E-state index contributed by atoms with van der Waals surface area (Å²) in [5.41, 5.74) is 10.4. The number of hydrogen-bond donors (Lipinski definition) is 1. The van der Waals surface area contributed by atoms with E-state index in [9.17, 15) is 0 Å². The zero-order chi connectivity index (χ0) is 12.7. The molecule has 4 nitrogen and oxygen atoms in total. The SMILES string of the molecule is Cc1cc2c(n1N1CCN(C)CC1)CCCC2N. The number of fused-ring (bicyclic) bond motifs is 1. The summed E-state index contributed by atoms with van der Waals surface area (Å²) in [6.07, 6.45) is 3.55. The minimum Gasteiger partial charge on any atom is -0.324 e. The van der Waals surface area contributed by atoms with Gasteiger partial charge in [-0.25, -0.2) is 0 Å². The average Bonchev–Trinajstić information content (AvgIpc) is 2.69. The maximum Gasteiger partial charge on any atom is 0.0472 e. The standard InChI is InChI=1S/C14H24N4/c1-11-10-12-13(15)4-3-5-14(12)18(11)17-8-6-16(2)7-9-17/h10,13H,3-9,15H2,1-2H3. The quantitative estimate of drug-likeness (QED) is 0.806. The molecule has 1 aliphatic carbocycles. The molecule has 0 amide bonds. The van der Waals surface area contributed by atoms with E-state index in [-0.39, 0.29) is 6.04 Å². The van der Waals surface area contributed by atoms with Gasteiger partial charge in [0.05, 0.1) is 0 Å². The Hall–Kier alpha value is -1.00. The second kappa shape index (κ2) is 4.59. The van der Waals surface area contributed by atoms with Gasteiger partial charge < -0.3 is 15.6 Å². The first-order chi connectivity index (χ1) is 8.66. The van der Waals surface area contributed by atoms with Crippen LogP contribution in [0.1, 0.15) is 35.8 Å². The Labute approximate surface area is 109 Å². The van der Waals surface area contributed by atoms with Gasteiger partial charge in [0.2, 0.25) is 0 Å². The highest BCUT2D eigenvalue weighted by atomic mass is 15.6. The molecule has 3 rings (SSSR count). The third kappa shape index (κ3) is 1.93. The Morgan fingerprint density at radius 3 is 2.67 bits per heavy atom. The fourth-order valence-electron chi connectivity index (χ4n) is 3.31. The van der Waals surface area contributed by atoms with E-state index in [1.54, 1.807) is 0 Å². The van der Waals surface area contributed by atoms with Crippen LogP contribution in [-0.4, -0.2) is 42.8 Å². The number of nitrogens with zero attached hydrogens (tertiary/aromatic N) is 3. The summed E-state index contributed by atoms with van der Waals surface area (Å²) < 4.78 is 2.45. The van der Waals surface area contributed by atoms with Crippen molar-refractivity contribution in [2.24, 2.45) is 5.73 Å². The lowest BCUT2D eigenvalue weighted by Gasteiger charge is -2.37. The Morgan fingerprint density at radius 2 is 1.94 bits per heavy atom. The van der Waals surface area contributed by atoms with Crippen molar-refractivity contribution in [1.82, 2.24) is 9.58 Å². The Balaban J connectivity index is 1.92. The molecule has 2 heterocycles. The van der Waals surface area contributed by atoms with Crippen LogP contribution in [0.5, 0.6) is 0 Å². The van der Waals surface area contributed by atoms with E-state index in [4.69, 9.17) is 5.73 Å². The summed E-state index contributed by atoms with van der Waals surface area (Å²) in [6.45, 7) is 6.75. The maximum absolute atomic E-state index is 6.24. The molecule has 1 aliphatic heterocycles. The van der Waals surface area contributed by atoms with E-state index in [0.717, 1.165) is 32.6 Å². The summed E-state index contributed by atoms with van der Waals surface area (Å²) in [6, 6.07) is 2.55. The van der Waals surface area contributed by atoms with Crippen LogP contribution in [-0.2, 0) is 6.42 Å². The first-order valence-electron chi connectivity index (χ1n) is 7.07. The molecule has 0 radical (unpaired) electrons. The summed E-state index contributed by atoms with van der Waals surface area (Å²) >= 11 is 0. The van der Waals surface area contributed by atoms with Crippen molar-refractivity contribution in [3.63, 3.8) is 0 Å². The zero-order valence-corrected chi connectivity index (χ0v) is 11.5. The third-order valence-corrected chi connectivity index (χ3v) is 4.38. The molecule has 1 aromatic heterocycles. The summed E-state index contributed by atoms with van der Waals surface area (Å²) in [5.74, 6) is 0. The van der Waals surface area contributed by atoms with E-state index < -0.39 is 0 Å². The average molecular weight is 248 g/mol. The van der Waals surface area contributed by atoms with Gasteiger partial charge in [0.1, 0.15) is 0 Å². The van der Waals surface area contributed by atoms with Gasteiger partial charge in [0, 0.05) is 43.6 Å².